The molecule has 3 aromatic rings. The summed E-state index contributed by atoms with van der Waals surface area (Å²) in [6.07, 6.45) is 1.43. The second-order valence-corrected chi connectivity index (χ2v) is 5.90. The minimum absolute atomic E-state index is 0.0507. The molecule has 0 aliphatic carbocycles. The van der Waals surface area contributed by atoms with Crippen molar-refractivity contribution >= 4 is 27.7 Å². The number of aromatic hydroxyl groups is 1. The van der Waals surface area contributed by atoms with Crippen LogP contribution in [0.5, 0.6) is 5.75 Å². The second-order valence-electron chi connectivity index (χ2n) is 5.90. The van der Waals surface area contributed by atoms with Crippen molar-refractivity contribution in [3.8, 4) is 5.75 Å². The highest BCUT2D eigenvalue weighted by Crippen LogP contribution is 2.29. The van der Waals surface area contributed by atoms with Gasteiger partial charge in [-0.15, -0.1) is 0 Å². The molecule has 3 rings (SSSR count). The molecule has 0 fully saturated rings. The lowest BCUT2D eigenvalue weighted by molar-refractivity contribution is 0.0997. The van der Waals surface area contributed by atoms with E-state index >= 15 is 0 Å². The topological polar surface area (TPSA) is 92.0 Å². The summed E-state index contributed by atoms with van der Waals surface area (Å²) in [5.41, 5.74) is 9.91. The maximum atomic E-state index is 12.0. The molecular formula is C19H19N3O2. The van der Waals surface area contributed by atoms with E-state index in [2.05, 4.69) is 9.97 Å². The molecule has 24 heavy (non-hydrogen) atoms. The average molecular weight is 321 g/mol. The van der Waals surface area contributed by atoms with Gasteiger partial charge in [0.15, 0.2) is 5.69 Å². The highest BCUT2D eigenvalue weighted by Gasteiger charge is 2.15. The van der Waals surface area contributed by atoms with Gasteiger partial charge in [-0.2, -0.15) is 0 Å². The second kappa shape index (κ2) is 5.85. The molecule has 1 amide bonds. The van der Waals surface area contributed by atoms with Crippen molar-refractivity contribution < 1.29 is 9.90 Å². The third-order valence-electron chi connectivity index (χ3n) is 4.29. The maximum Gasteiger partial charge on any atom is 0.269 e. The first-order valence-corrected chi connectivity index (χ1v) is 7.65. The number of carbonyl (C=O) groups excluding carboxylic acids is 1. The number of nitrogens with two attached hydrogens (primary N) is 1. The highest BCUT2D eigenvalue weighted by atomic mass is 16.3. The summed E-state index contributed by atoms with van der Waals surface area (Å²) in [5.74, 6) is -0.566. The van der Waals surface area contributed by atoms with Crippen molar-refractivity contribution in [3.05, 3.63) is 58.9 Å². The van der Waals surface area contributed by atoms with Crippen LogP contribution in [0.25, 0.3) is 21.8 Å². The molecule has 0 aliphatic rings. The number of rotatable bonds is 1. The van der Waals surface area contributed by atoms with Crippen LogP contribution < -0.4 is 5.73 Å². The summed E-state index contributed by atoms with van der Waals surface area (Å²) in [5, 5.41) is 11.7. The van der Waals surface area contributed by atoms with E-state index in [1.54, 1.807) is 6.07 Å². The van der Waals surface area contributed by atoms with Crippen molar-refractivity contribution in [2.75, 3.05) is 0 Å². The molecule has 0 unspecified atom stereocenters. The minimum Gasteiger partial charge on any atom is -0.506 e. The molecule has 5 nitrogen and oxygen atoms in total. The van der Waals surface area contributed by atoms with Crippen LogP contribution in [0.2, 0.25) is 0 Å². The number of carbonyl (C=O) groups is 1. The lowest BCUT2D eigenvalue weighted by atomic mass is 10.00. The molecule has 0 atom stereocenters. The smallest absolute Gasteiger partial charge is 0.269 e. The number of pyridine rings is 1. The van der Waals surface area contributed by atoms with Gasteiger partial charge >= 0.3 is 0 Å². The van der Waals surface area contributed by atoms with E-state index in [1.807, 2.05) is 45.0 Å². The van der Waals surface area contributed by atoms with E-state index in [1.165, 1.54) is 6.20 Å². The number of nitrogens with one attached hydrogen (secondary N) is 1. The van der Waals surface area contributed by atoms with Gasteiger partial charge in [-0.1, -0.05) is 24.3 Å². The van der Waals surface area contributed by atoms with E-state index in [0.29, 0.717) is 5.52 Å². The minimum atomic E-state index is -0.616. The largest absolute Gasteiger partial charge is 0.506 e. The number of H-pyrrole nitrogens is 1. The van der Waals surface area contributed by atoms with Gasteiger partial charge < -0.3 is 15.8 Å². The Labute approximate surface area is 139 Å². The van der Waals surface area contributed by atoms with Crippen molar-refractivity contribution in [3.63, 3.8) is 0 Å². The number of nitrogens with zero attached hydrogens (tertiary/aromatic N) is 1. The van der Waals surface area contributed by atoms with Crippen molar-refractivity contribution in [2.24, 2.45) is 5.73 Å². The van der Waals surface area contributed by atoms with Crippen LogP contribution in [-0.4, -0.2) is 21.0 Å². The van der Waals surface area contributed by atoms with E-state index in [-0.39, 0.29) is 11.4 Å². The van der Waals surface area contributed by atoms with Gasteiger partial charge in [0.2, 0.25) is 0 Å². The van der Waals surface area contributed by atoms with E-state index in [4.69, 9.17) is 5.73 Å². The number of aryl methyl sites for hydroxylation is 3. The first-order chi connectivity index (χ1) is 11.4. The fourth-order valence-corrected chi connectivity index (χ4v) is 2.86. The number of amides is 1. The highest BCUT2D eigenvalue weighted by molar-refractivity contribution is 6.14. The van der Waals surface area contributed by atoms with Crippen LogP contribution in [0.4, 0.5) is 0 Å². The molecule has 0 aliphatic heterocycles. The number of benzene rings is 1. The van der Waals surface area contributed by atoms with Crippen LogP contribution in [0.3, 0.4) is 0 Å². The number of aromatic nitrogens is 2. The SMILES string of the molecule is Cc1ccc(O)c[nH]c2c(C(N)=O)nc3c(C)cccc3c2c1C. The number of para-hydroxylation sites is 1. The van der Waals surface area contributed by atoms with Gasteiger partial charge in [0, 0.05) is 17.0 Å². The molecule has 0 saturated carbocycles. The third-order valence-corrected chi connectivity index (χ3v) is 4.29. The Kier molecular flexibility index (Phi) is 3.85. The van der Waals surface area contributed by atoms with Crippen LogP contribution in [-0.2, 0) is 0 Å². The quantitative estimate of drug-likeness (QED) is 0.640. The molecule has 0 radical (unpaired) electrons. The predicted octanol–water partition coefficient (Wildman–Crippen LogP) is 3.57. The summed E-state index contributed by atoms with van der Waals surface area (Å²) < 4.78 is 0. The zero-order valence-electron chi connectivity index (χ0n) is 13.8. The lowest BCUT2D eigenvalue weighted by Gasteiger charge is -2.10. The first kappa shape index (κ1) is 15.8. The number of fused-ring (bicyclic) bond motifs is 3. The van der Waals surface area contributed by atoms with E-state index in [9.17, 15) is 9.90 Å². The van der Waals surface area contributed by atoms with Crippen LogP contribution >= 0.6 is 0 Å². The fraction of sp³-hybridized carbons (Fsp3) is 0.158. The van der Waals surface area contributed by atoms with Gasteiger partial charge in [0.1, 0.15) is 5.75 Å². The van der Waals surface area contributed by atoms with Gasteiger partial charge in [0.25, 0.3) is 5.91 Å². The molecule has 1 aromatic carbocycles. The molecule has 2 heterocycles. The predicted molar refractivity (Wildman–Crippen MR) is 95.6 cm³/mol. The van der Waals surface area contributed by atoms with E-state index < -0.39 is 5.91 Å². The third kappa shape index (κ3) is 2.54. The number of aromatic amines is 1. The fourth-order valence-electron chi connectivity index (χ4n) is 2.86. The summed E-state index contributed by atoms with van der Waals surface area (Å²) in [7, 11) is 0. The maximum absolute atomic E-state index is 12.0. The van der Waals surface area contributed by atoms with Gasteiger partial charge in [-0.25, -0.2) is 4.98 Å². The molecule has 0 bridgehead atoms. The Bertz CT molecular complexity index is 1030. The Morgan fingerprint density at radius 2 is 1.88 bits per heavy atom. The Hall–Kier alpha value is -3.08. The van der Waals surface area contributed by atoms with Gasteiger partial charge in [-0.3, -0.25) is 4.79 Å². The zero-order chi connectivity index (χ0) is 17.4. The zero-order valence-corrected chi connectivity index (χ0v) is 13.8. The van der Waals surface area contributed by atoms with Crippen molar-refractivity contribution in [1.29, 1.82) is 0 Å². The number of hydrogen-bond donors (Lipinski definition) is 3. The van der Waals surface area contributed by atoms with Gasteiger partial charge in [0.05, 0.1) is 11.0 Å². The summed E-state index contributed by atoms with van der Waals surface area (Å²) in [6.45, 7) is 5.89. The Morgan fingerprint density at radius 3 is 2.58 bits per heavy atom. The summed E-state index contributed by atoms with van der Waals surface area (Å²) >= 11 is 0. The van der Waals surface area contributed by atoms with Crippen LogP contribution in [0.1, 0.15) is 27.2 Å². The molecule has 4 N–H and O–H groups in total. The molecule has 0 spiro atoms. The van der Waals surface area contributed by atoms with E-state index in [0.717, 1.165) is 33.0 Å². The normalized spacial score (nSPS) is 10.8. The summed E-state index contributed by atoms with van der Waals surface area (Å²) in [4.78, 5) is 19.5. The molecule has 0 saturated heterocycles. The lowest BCUT2D eigenvalue weighted by Crippen LogP contribution is -2.14. The molecule has 2 aromatic heterocycles. The molecule has 122 valence electrons. The van der Waals surface area contributed by atoms with Crippen LogP contribution in [0.15, 0.2) is 36.5 Å². The van der Waals surface area contributed by atoms with Gasteiger partial charge in [-0.05, 0) is 43.5 Å². The average Bonchev–Trinajstić information content (AvgIpc) is 2.60. The Morgan fingerprint density at radius 1 is 1.12 bits per heavy atom. The first-order valence-electron chi connectivity index (χ1n) is 7.65. The summed E-state index contributed by atoms with van der Waals surface area (Å²) in [6, 6.07) is 9.32. The number of primary amides is 1. The van der Waals surface area contributed by atoms with Crippen LogP contribution in [0, 0.1) is 20.8 Å². The van der Waals surface area contributed by atoms with Crippen molar-refractivity contribution in [1.82, 2.24) is 9.97 Å². The standard InChI is InChI=1S/C19H19N3O2/c1-10-7-8-13(23)9-21-17-15(12(10)3)14-6-4-5-11(2)16(14)22-18(17)19(20)24/h4-9,21,23H,1-3H3,(H2,20,24). The number of hydrogen-bond acceptors (Lipinski definition) is 3. The Balaban J connectivity index is 2.75. The molecule has 5 heteroatoms. The monoisotopic (exact) mass is 321 g/mol. The molecular weight excluding hydrogens is 302 g/mol. The van der Waals surface area contributed by atoms with Crippen molar-refractivity contribution in [2.45, 2.75) is 20.8 Å².